The lowest BCUT2D eigenvalue weighted by molar-refractivity contribution is -0.157. The van der Waals surface area contributed by atoms with E-state index in [4.69, 9.17) is 24.4 Å². The Bertz CT molecular complexity index is 354. The van der Waals surface area contributed by atoms with Gasteiger partial charge in [0.1, 0.15) is 36.6 Å². The van der Waals surface area contributed by atoms with E-state index in [9.17, 15) is 19.8 Å². The molecule has 0 aromatic rings. The molecule has 4 N–H and O–H groups in total. The van der Waals surface area contributed by atoms with Gasteiger partial charge in [0, 0.05) is 0 Å². The van der Waals surface area contributed by atoms with E-state index in [-0.39, 0.29) is 13.2 Å². The number of hydrogen-bond acceptors (Lipinski definition) is 9. The van der Waals surface area contributed by atoms with Crippen molar-refractivity contribution in [3.63, 3.8) is 0 Å². The van der Waals surface area contributed by atoms with E-state index < -0.39 is 61.4 Å². The highest BCUT2D eigenvalue weighted by atomic mass is 16.6. The molecule has 0 spiro atoms. The lowest BCUT2D eigenvalue weighted by atomic mass is 10.0. The van der Waals surface area contributed by atoms with Crippen LogP contribution in [-0.2, 0) is 23.8 Å². The molecule has 2 saturated heterocycles. The van der Waals surface area contributed by atoms with E-state index in [1.165, 1.54) is 0 Å². The minimum atomic E-state index is -1.64. The number of hydrogen-bond donors (Lipinski definition) is 4. The van der Waals surface area contributed by atoms with Crippen LogP contribution in [0.2, 0.25) is 0 Å². The molecule has 2 heterocycles. The first-order chi connectivity index (χ1) is 9.99. The third kappa shape index (κ3) is 4.04. The number of aliphatic hydroxyl groups is 4. The van der Waals surface area contributed by atoms with Gasteiger partial charge < -0.3 is 34.6 Å². The maximum absolute atomic E-state index is 11.9. The SMILES string of the molecule is O=C(C(O)CO)C(OC(C(=O)C(O)CO)C1CO1)C1CO1. The predicted molar refractivity (Wildman–Crippen MR) is 64.3 cm³/mol. The van der Waals surface area contributed by atoms with E-state index in [0.717, 1.165) is 0 Å². The number of ether oxygens (including phenoxy) is 3. The first kappa shape index (κ1) is 16.4. The second kappa shape index (κ2) is 6.88. The summed E-state index contributed by atoms with van der Waals surface area (Å²) in [5.74, 6) is -1.62. The van der Waals surface area contributed by atoms with Gasteiger partial charge in [-0.2, -0.15) is 0 Å². The van der Waals surface area contributed by atoms with Crippen molar-refractivity contribution in [2.45, 2.75) is 36.6 Å². The summed E-state index contributed by atoms with van der Waals surface area (Å²) >= 11 is 0. The van der Waals surface area contributed by atoms with Crippen LogP contribution in [0.25, 0.3) is 0 Å². The molecule has 9 nitrogen and oxygen atoms in total. The van der Waals surface area contributed by atoms with Crippen molar-refractivity contribution in [2.24, 2.45) is 0 Å². The number of rotatable bonds is 10. The molecule has 0 bridgehead atoms. The summed E-state index contributed by atoms with van der Waals surface area (Å²) in [6, 6.07) is 0. The van der Waals surface area contributed by atoms with E-state index in [1.54, 1.807) is 0 Å². The average molecular weight is 306 g/mol. The highest BCUT2D eigenvalue weighted by Gasteiger charge is 2.48. The number of carbonyl (C=O) groups is 2. The number of aliphatic hydroxyl groups excluding tert-OH is 4. The molecule has 9 heteroatoms. The van der Waals surface area contributed by atoms with Gasteiger partial charge in [-0.15, -0.1) is 0 Å². The van der Waals surface area contributed by atoms with E-state index >= 15 is 0 Å². The Morgan fingerprint density at radius 2 is 1.29 bits per heavy atom. The van der Waals surface area contributed by atoms with Crippen LogP contribution < -0.4 is 0 Å². The summed E-state index contributed by atoms with van der Waals surface area (Å²) in [5, 5.41) is 36.4. The Kier molecular flexibility index (Phi) is 5.38. The van der Waals surface area contributed by atoms with Gasteiger partial charge in [-0.25, -0.2) is 0 Å². The molecule has 0 aliphatic carbocycles. The van der Waals surface area contributed by atoms with Crippen LogP contribution in [0.15, 0.2) is 0 Å². The molecule has 21 heavy (non-hydrogen) atoms. The number of epoxide rings is 2. The maximum Gasteiger partial charge on any atom is 0.195 e. The molecular formula is C12H18O9. The Balaban J connectivity index is 2.06. The fourth-order valence-corrected chi connectivity index (χ4v) is 1.85. The largest absolute Gasteiger partial charge is 0.393 e. The van der Waals surface area contributed by atoms with Crippen molar-refractivity contribution in [3.8, 4) is 0 Å². The summed E-state index contributed by atoms with van der Waals surface area (Å²) in [6.45, 7) is -1.10. The minimum Gasteiger partial charge on any atom is -0.393 e. The first-order valence-corrected chi connectivity index (χ1v) is 6.53. The first-order valence-electron chi connectivity index (χ1n) is 6.53. The van der Waals surface area contributed by atoms with Crippen molar-refractivity contribution in [2.75, 3.05) is 26.4 Å². The van der Waals surface area contributed by atoms with Crippen LogP contribution >= 0.6 is 0 Å². The quantitative estimate of drug-likeness (QED) is 0.300. The standard InChI is InChI=1S/C12H18O9/c13-1-5(15)9(17)11(7-3-19-7)21-12(8-4-20-8)10(18)6(16)2-14/h5-8,11-16H,1-4H2. The van der Waals surface area contributed by atoms with Gasteiger partial charge in [-0.1, -0.05) is 0 Å². The molecule has 120 valence electrons. The summed E-state index contributed by atoms with van der Waals surface area (Å²) in [4.78, 5) is 23.8. The molecule has 0 radical (unpaired) electrons. The van der Waals surface area contributed by atoms with Crippen molar-refractivity contribution in [1.82, 2.24) is 0 Å². The molecule has 2 aliphatic heterocycles. The van der Waals surface area contributed by atoms with Crippen LogP contribution in [0.5, 0.6) is 0 Å². The number of carbonyl (C=O) groups excluding carboxylic acids is 2. The van der Waals surface area contributed by atoms with Gasteiger partial charge in [-0.3, -0.25) is 9.59 Å². The molecule has 0 aromatic carbocycles. The van der Waals surface area contributed by atoms with Crippen molar-refractivity contribution in [3.05, 3.63) is 0 Å². The second-order valence-corrected chi connectivity index (χ2v) is 4.92. The van der Waals surface area contributed by atoms with Crippen molar-refractivity contribution in [1.29, 1.82) is 0 Å². The fourth-order valence-electron chi connectivity index (χ4n) is 1.85. The molecule has 2 rings (SSSR count). The van der Waals surface area contributed by atoms with Crippen LogP contribution in [0, 0.1) is 0 Å². The maximum atomic E-state index is 11.9. The molecule has 2 fully saturated rings. The van der Waals surface area contributed by atoms with Crippen LogP contribution in [0.1, 0.15) is 0 Å². The Hall–Kier alpha value is -0.940. The number of Topliss-reactive ketones (excluding diaryl/α,β-unsaturated/α-hetero) is 2. The monoisotopic (exact) mass is 306 g/mol. The molecular weight excluding hydrogens is 288 g/mol. The van der Waals surface area contributed by atoms with E-state index in [2.05, 4.69) is 0 Å². The molecule has 6 unspecified atom stereocenters. The Morgan fingerprint density at radius 1 is 0.952 bits per heavy atom. The molecule has 0 saturated carbocycles. The van der Waals surface area contributed by atoms with Gasteiger partial charge in [0.2, 0.25) is 0 Å². The lowest BCUT2D eigenvalue weighted by Crippen LogP contribution is -2.47. The zero-order chi connectivity index (χ0) is 15.6. The molecule has 2 aliphatic rings. The van der Waals surface area contributed by atoms with E-state index in [0.29, 0.717) is 0 Å². The third-order valence-electron chi connectivity index (χ3n) is 3.25. The Labute approximate surface area is 120 Å². The molecule has 0 aromatic heterocycles. The summed E-state index contributed by atoms with van der Waals surface area (Å²) in [5.41, 5.74) is 0. The number of ketones is 2. The van der Waals surface area contributed by atoms with E-state index in [1.807, 2.05) is 0 Å². The Morgan fingerprint density at radius 3 is 1.52 bits per heavy atom. The summed E-state index contributed by atoms with van der Waals surface area (Å²) in [7, 11) is 0. The lowest BCUT2D eigenvalue weighted by Gasteiger charge is -2.23. The van der Waals surface area contributed by atoms with Crippen molar-refractivity contribution >= 4 is 11.6 Å². The zero-order valence-corrected chi connectivity index (χ0v) is 11.1. The van der Waals surface area contributed by atoms with Crippen molar-refractivity contribution < 1.29 is 44.2 Å². The second-order valence-electron chi connectivity index (χ2n) is 4.92. The normalized spacial score (nSPS) is 29.3. The van der Waals surface area contributed by atoms with Gasteiger partial charge >= 0.3 is 0 Å². The smallest absolute Gasteiger partial charge is 0.195 e. The van der Waals surface area contributed by atoms with Gasteiger partial charge in [0.25, 0.3) is 0 Å². The van der Waals surface area contributed by atoms with Crippen LogP contribution in [0.3, 0.4) is 0 Å². The molecule has 0 amide bonds. The van der Waals surface area contributed by atoms with Crippen LogP contribution in [0.4, 0.5) is 0 Å². The minimum absolute atomic E-state index is 0.226. The zero-order valence-electron chi connectivity index (χ0n) is 11.1. The molecule has 6 atom stereocenters. The van der Waals surface area contributed by atoms with Crippen LogP contribution in [-0.4, -0.2) is 95.0 Å². The third-order valence-corrected chi connectivity index (χ3v) is 3.25. The summed E-state index contributed by atoms with van der Waals surface area (Å²) < 4.78 is 15.3. The van der Waals surface area contributed by atoms with Gasteiger partial charge in [0.05, 0.1) is 26.4 Å². The highest BCUT2D eigenvalue weighted by molar-refractivity contribution is 5.90. The summed E-state index contributed by atoms with van der Waals surface area (Å²) in [6.07, 6.45) is -6.99. The average Bonchev–Trinajstić information content (AvgIpc) is 3.37. The van der Waals surface area contributed by atoms with Gasteiger partial charge in [0.15, 0.2) is 11.6 Å². The van der Waals surface area contributed by atoms with Gasteiger partial charge in [-0.05, 0) is 0 Å². The predicted octanol–water partition coefficient (Wildman–Crippen LogP) is -3.62. The topological polar surface area (TPSA) is 149 Å². The highest BCUT2D eigenvalue weighted by Crippen LogP contribution is 2.26. The fraction of sp³-hybridized carbons (Fsp3) is 0.833.